The Bertz CT molecular complexity index is 137. The lowest BCUT2D eigenvalue weighted by Crippen LogP contribution is -2.28. The number of hydrogen-bond acceptors (Lipinski definition) is 3. The van der Waals surface area contributed by atoms with Crippen LogP contribution in [0.4, 0.5) is 0 Å². The molecule has 1 fully saturated rings. The SMILES string of the molecule is O=CO[C@@H]1OCCC1(Cl)Cl. The van der Waals surface area contributed by atoms with E-state index in [2.05, 4.69) is 4.74 Å². The maximum absolute atomic E-state index is 9.83. The van der Waals surface area contributed by atoms with Gasteiger partial charge in [-0.2, -0.15) is 0 Å². The van der Waals surface area contributed by atoms with Crippen LogP contribution < -0.4 is 0 Å². The lowest BCUT2D eigenvalue weighted by molar-refractivity contribution is -0.154. The van der Waals surface area contributed by atoms with Crippen molar-refractivity contribution in [2.45, 2.75) is 17.0 Å². The summed E-state index contributed by atoms with van der Waals surface area (Å²) in [5.41, 5.74) is 0. The third kappa shape index (κ3) is 1.54. The highest BCUT2D eigenvalue weighted by Gasteiger charge is 2.42. The van der Waals surface area contributed by atoms with Crippen molar-refractivity contribution in [2.75, 3.05) is 6.61 Å². The number of alkyl halides is 2. The van der Waals surface area contributed by atoms with Gasteiger partial charge in [0.25, 0.3) is 6.47 Å². The van der Waals surface area contributed by atoms with Crippen molar-refractivity contribution in [2.24, 2.45) is 0 Å². The topological polar surface area (TPSA) is 35.5 Å². The van der Waals surface area contributed by atoms with E-state index in [-0.39, 0.29) is 6.47 Å². The molecule has 0 aliphatic carbocycles. The predicted molar refractivity (Wildman–Crippen MR) is 35.9 cm³/mol. The molecule has 0 saturated carbocycles. The molecule has 1 atom stereocenters. The number of halogens is 2. The Morgan fingerprint density at radius 2 is 2.40 bits per heavy atom. The average Bonchev–Trinajstić information content (AvgIpc) is 2.13. The average molecular weight is 185 g/mol. The van der Waals surface area contributed by atoms with Crippen molar-refractivity contribution in [1.82, 2.24) is 0 Å². The van der Waals surface area contributed by atoms with Gasteiger partial charge in [-0.3, -0.25) is 4.79 Å². The van der Waals surface area contributed by atoms with Gasteiger partial charge < -0.3 is 9.47 Å². The van der Waals surface area contributed by atoms with Gasteiger partial charge in [0.15, 0.2) is 4.33 Å². The molecule has 0 bridgehead atoms. The molecule has 0 spiro atoms. The molecule has 1 rings (SSSR count). The summed E-state index contributed by atoms with van der Waals surface area (Å²) in [5.74, 6) is 0. The van der Waals surface area contributed by atoms with E-state index in [0.717, 1.165) is 0 Å². The summed E-state index contributed by atoms with van der Waals surface area (Å²) in [4.78, 5) is 9.83. The van der Waals surface area contributed by atoms with Crippen LogP contribution >= 0.6 is 23.2 Å². The molecule has 0 aromatic rings. The number of rotatable bonds is 2. The monoisotopic (exact) mass is 184 g/mol. The first-order chi connectivity index (χ1) is 4.67. The van der Waals surface area contributed by atoms with E-state index in [1.54, 1.807) is 0 Å². The van der Waals surface area contributed by atoms with Gasteiger partial charge in [0.2, 0.25) is 6.29 Å². The summed E-state index contributed by atoms with van der Waals surface area (Å²) in [6.45, 7) is 0.695. The van der Waals surface area contributed by atoms with Gasteiger partial charge >= 0.3 is 0 Å². The van der Waals surface area contributed by atoms with Gasteiger partial charge in [0.1, 0.15) is 0 Å². The molecule has 0 amide bonds. The number of carbonyl (C=O) groups is 1. The zero-order chi connectivity index (χ0) is 7.61. The second kappa shape index (κ2) is 2.95. The van der Waals surface area contributed by atoms with Crippen LogP contribution in [0.2, 0.25) is 0 Å². The molecule has 3 nitrogen and oxygen atoms in total. The predicted octanol–water partition coefficient (Wildman–Crippen LogP) is 1.08. The molecule has 5 heteroatoms. The van der Waals surface area contributed by atoms with Crippen molar-refractivity contribution < 1.29 is 14.3 Å². The normalized spacial score (nSPS) is 30.0. The van der Waals surface area contributed by atoms with Crippen molar-refractivity contribution >= 4 is 29.7 Å². The molecule has 1 aliphatic rings. The Kier molecular flexibility index (Phi) is 2.39. The van der Waals surface area contributed by atoms with Gasteiger partial charge in [-0.25, -0.2) is 0 Å². The van der Waals surface area contributed by atoms with Gasteiger partial charge in [-0.15, -0.1) is 0 Å². The standard InChI is InChI=1S/C5H6Cl2O3/c6-5(7)1-2-9-4(5)10-3-8/h3-4H,1-2H2/t4-/m0/s1. The van der Waals surface area contributed by atoms with Crippen LogP contribution in [0.5, 0.6) is 0 Å². The number of hydrogen-bond donors (Lipinski definition) is 0. The molecule has 0 radical (unpaired) electrons. The molecule has 1 saturated heterocycles. The molecule has 58 valence electrons. The first-order valence-corrected chi connectivity index (χ1v) is 3.51. The lowest BCUT2D eigenvalue weighted by atomic mass is 10.3. The van der Waals surface area contributed by atoms with Gasteiger partial charge in [-0.1, -0.05) is 23.2 Å². The largest absolute Gasteiger partial charge is 0.435 e. The van der Waals surface area contributed by atoms with Crippen molar-refractivity contribution in [3.63, 3.8) is 0 Å². The minimum absolute atomic E-state index is 0.273. The highest BCUT2D eigenvalue weighted by molar-refractivity contribution is 6.48. The Hall–Kier alpha value is 0.01000. The van der Waals surface area contributed by atoms with Crippen LogP contribution in [-0.2, 0) is 14.3 Å². The van der Waals surface area contributed by atoms with Gasteiger partial charge in [0.05, 0.1) is 6.61 Å². The Morgan fingerprint density at radius 3 is 2.80 bits per heavy atom. The zero-order valence-electron chi connectivity index (χ0n) is 5.05. The maximum Gasteiger partial charge on any atom is 0.295 e. The minimum atomic E-state index is -1.07. The summed E-state index contributed by atoms with van der Waals surface area (Å²) in [7, 11) is 0. The Morgan fingerprint density at radius 1 is 1.70 bits per heavy atom. The van der Waals surface area contributed by atoms with Crippen LogP contribution in [0, 0.1) is 0 Å². The van der Waals surface area contributed by atoms with E-state index in [4.69, 9.17) is 27.9 Å². The molecule has 1 aliphatic heterocycles. The smallest absolute Gasteiger partial charge is 0.295 e. The van der Waals surface area contributed by atoms with Crippen molar-refractivity contribution in [1.29, 1.82) is 0 Å². The highest BCUT2D eigenvalue weighted by Crippen LogP contribution is 2.36. The fraction of sp³-hybridized carbons (Fsp3) is 0.800. The maximum atomic E-state index is 9.83. The first-order valence-electron chi connectivity index (χ1n) is 2.75. The molecule has 0 aromatic carbocycles. The van der Waals surface area contributed by atoms with Gasteiger partial charge in [-0.05, 0) is 0 Å². The summed E-state index contributed by atoms with van der Waals surface area (Å²) < 4.78 is 8.27. The summed E-state index contributed by atoms with van der Waals surface area (Å²) in [6.07, 6.45) is -0.331. The lowest BCUT2D eigenvalue weighted by Gasteiger charge is -2.17. The van der Waals surface area contributed by atoms with Crippen molar-refractivity contribution in [3.05, 3.63) is 0 Å². The van der Waals surface area contributed by atoms with E-state index < -0.39 is 10.6 Å². The summed E-state index contributed by atoms with van der Waals surface area (Å²) >= 11 is 11.3. The van der Waals surface area contributed by atoms with E-state index in [1.165, 1.54) is 0 Å². The molecular weight excluding hydrogens is 179 g/mol. The van der Waals surface area contributed by atoms with E-state index in [0.29, 0.717) is 13.0 Å². The number of ether oxygens (including phenoxy) is 2. The van der Waals surface area contributed by atoms with Crippen molar-refractivity contribution in [3.8, 4) is 0 Å². The molecule has 10 heavy (non-hydrogen) atoms. The number of carbonyl (C=O) groups excluding carboxylic acids is 1. The molecule has 1 heterocycles. The summed E-state index contributed by atoms with van der Waals surface area (Å²) in [5, 5.41) is 0. The first kappa shape index (κ1) is 8.11. The van der Waals surface area contributed by atoms with E-state index >= 15 is 0 Å². The highest BCUT2D eigenvalue weighted by atomic mass is 35.5. The zero-order valence-corrected chi connectivity index (χ0v) is 6.56. The molecule has 0 aromatic heterocycles. The third-order valence-corrected chi connectivity index (χ3v) is 1.96. The second-order valence-corrected chi connectivity index (χ2v) is 3.49. The van der Waals surface area contributed by atoms with Crippen LogP contribution in [-0.4, -0.2) is 23.7 Å². The minimum Gasteiger partial charge on any atom is -0.435 e. The molecular formula is C5H6Cl2O3. The van der Waals surface area contributed by atoms with Crippen LogP contribution in [0.1, 0.15) is 6.42 Å². The Labute approximate surface area is 68.2 Å². The van der Waals surface area contributed by atoms with E-state index in [1.807, 2.05) is 0 Å². The molecule has 0 N–H and O–H groups in total. The van der Waals surface area contributed by atoms with Gasteiger partial charge in [0, 0.05) is 6.42 Å². The van der Waals surface area contributed by atoms with Crippen LogP contribution in [0.15, 0.2) is 0 Å². The quantitative estimate of drug-likeness (QED) is 0.477. The Balaban J connectivity index is 2.50. The summed E-state index contributed by atoms with van der Waals surface area (Å²) in [6, 6.07) is 0. The third-order valence-electron chi connectivity index (χ3n) is 1.23. The fourth-order valence-corrected chi connectivity index (χ4v) is 1.11. The fourth-order valence-electron chi connectivity index (χ4n) is 0.731. The van der Waals surface area contributed by atoms with E-state index in [9.17, 15) is 4.79 Å². The second-order valence-electron chi connectivity index (χ2n) is 1.95. The van der Waals surface area contributed by atoms with Crippen LogP contribution in [0.25, 0.3) is 0 Å². The molecule has 0 unspecified atom stereocenters. The van der Waals surface area contributed by atoms with Crippen LogP contribution in [0.3, 0.4) is 0 Å².